The van der Waals surface area contributed by atoms with Crippen molar-refractivity contribution in [3.05, 3.63) is 59.9 Å². The van der Waals surface area contributed by atoms with Crippen LogP contribution in [0.25, 0.3) is 11.1 Å². The molecular formula is C16H15FO. The molecule has 0 aromatic heterocycles. The Bertz CT molecular complexity index is 538. The largest absolute Gasteiger partial charge is 0.385 e. The Kier molecular flexibility index (Phi) is 2.67. The van der Waals surface area contributed by atoms with E-state index in [2.05, 4.69) is 0 Å². The molecule has 92 valence electrons. The molecule has 0 atom stereocenters. The lowest BCUT2D eigenvalue weighted by Gasteiger charge is -2.37. The van der Waals surface area contributed by atoms with E-state index in [1.807, 2.05) is 24.3 Å². The molecule has 1 N–H and O–H groups in total. The summed E-state index contributed by atoms with van der Waals surface area (Å²) >= 11 is 0. The second-order valence-electron chi connectivity index (χ2n) is 4.97. The molecule has 0 spiro atoms. The third-order valence-corrected chi connectivity index (χ3v) is 3.78. The van der Waals surface area contributed by atoms with E-state index in [9.17, 15) is 9.50 Å². The summed E-state index contributed by atoms with van der Waals surface area (Å²) in [7, 11) is 0. The molecule has 0 saturated heterocycles. The van der Waals surface area contributed by atoms with Gasteiger partial charge in [-0.25, -0.2) is 4.39 Å². The molecule has 18 heavy (non-hydrogen) atoms. The Hall–Kier alpha value is -1.67. The maximum Gasteiger partial charge on any atom is 0.123 e. The highest BCUT2D eigenvalue weighted by Crippen LogP contribution is 2.41. The highest BCUT2D eigenvalue weighted by atomic mass is 19.1. The molecule has 0 unspecified atom stereocenters. The van der Waals surface area contributed by atoms with E-state index in [1.165, 1.54) is 12.1 Å². The number of aliphatic hydroxyl groups is 1. The minimum absolute atomic E-state index is 0.223. The fraction of sp³-hybridized carbons (Fsp3) is 0.250. The topological polar surface area (TPSA) is 20.2 Å². The van der Waals surface area contributed by atoms with Crippen LogP contribution in [0.3, 0.4) is 0 Å². The van der Waals surface area contributed by atoms with E-state index < -0.39 is 5.60 Å². The first kappa shape index (κ1) is 11.4. The number of benzene rings is 2. The summed E-state index contributed by atoms with van der Waals surface area (Å²) in [6.07, 6.45) is 2.79. The van der Waals surface area contributed by atoms with Gasteiger partial charge in [-0.05, 0) is 48.1 Å². The number of hydrogen-bond acceptors (Lipinski definition) is 1. The Labute approximate surface area is 106 Å². The van der Waals surface area contributed by atoms with Crippen molar-refractivity contribution in [2.24, 2.45) is 0 Å². The summed E-state index contributed by atoms with van der Waals surface area (Å²) in [6.45, 7) is 0. The van der Waals surface area contributed by atoms with E-state index in [0.29, 0.717) is 0 Å². The van der Waals surface area contributed by atoms with Crippen LogP contribution >= 0.6 is 0 Å². The first-order chi connectivity index (χ1) is 8.67. The Morgan fingerprint density at radius 1 is 0.833 bits per heavy atom. The molecular weight excluding hydrogens is 227 g/mol. The van der Waals surface area contributed by atoms with Gasteiger partial charge in [-0.15, -0.1) is 0 Å². The van der Waals surface area contributed by atoms with E-state index in [0.717, 1.165) is 36.0 Å². The third-order valence-electron chi connectivity index (χ3n) is 3.78. The molecule has 2 aromatic rings. The SMILES string of the molecule is OC1(c2ccc(-c3ccc(F)cc3)cc2)CCC1. The highest BCUT2D eigenvalue weighted by molar-refractivity contribution is 5.63. The molecule has 0 amide bonds. The van der Waals surface area contributed by atoms with Gasteiger partial charge in [0.1, 0.15) is 5.82 Å². The summed E-state index contributed by atoms with van der Waals surface area (Å²) in [6, 6.07) is 14.4. The van der Waals surface area contributed by atoms with Gasteiger partial charge in [0.25, 0.3) is 0 Å². The van der Waals surface area contributed by atoms with Crippen molar-refractivity contribution >= 4 is 0 Å². The number of hydrogen-bond donors (Lipinski definition) is 1. The van der Waals surface area contributed by atoms with Crippen molar-refractivity contribution in [1.82, 2.24) is 0 Å². The van der Waals surface area contributed by atoms with Crippen LogP contribution in [0.15, 0.2) is 48.5 Å². The van der Waals surface area contributed by atoms with Crippen LogP contribution < -0.4 is 0 Å². The highest BCUT2D eigenvalue weighted by Gasteiger charge is 2.35. The summed E-state index contributed by atoms with van der Waals surface area (Å²) in [5, 5.41) is 10.2. The Morgan fingerprint density at radius 2 is 1.33 bits per heavy atom. The number of halogens is 1. The van der Waals surface area contributed by atoms with Gasteiger partial charge in [0.2, 0.25) is 0 Å². The second kappa shape index (κ2) is 4.21. The summed E-state index contributed by atoms with van der Waals surface area (Å²) in [4.78, 5) is 0. The van der Waals surface area contributed by atoms with Crippen LogP contribution in [0.5, 0.6) is 0 Å². The number of rotatable bonds is 2. The van der Waals surface area contributed by atoms with E-state index >= 15 is 0 Å². The normalized spacial score (nSPS) is 17.2. The van der Waals surface area contributed by atoms with Crippen molar-refractivity contribution in [3.63, 3.8) is 0 Å². The molecule has 0 radical (unpaired) electrons. The van der Waals surface area contributed by atoms with Crippen LogP contribution in [-0.4, -0.2) is 5.11 Å². The Balaban J connectivity index is 1.89. The molecule has 3 rings (SSSR count). The van der Waals surface area contributed by atoms with Crippen molar-refractivity contribution < 1.29 is 9.50 Å². The van der Waals surface area contributed by atoms with Gasteiger partial charge in [-0.1, -0.05) is 36.4 Å². The minimum Gasteiger partial charge on any atom is -0.385 e. The maximum atomic E-state index is 12.8. The maximum absolute atomic E-state index is 12.8. The standard InChI is InChI=1S/C16H15FO/c17-15-8-4-13(5-9-15)12-2-6-14(7-3-12)16(18)10-1-11-16/h2-9,18H,1,10-11H2. The van der Waals surface area contributed by atoms with Gasteiger partial charge in [0, 0.05) is 0 Å². The minimum atomic E-state index is -0.610. The summed E-state index contributed by atoms with van der Waals surface area (Å²) < 4.78 is 12.8. The van der Waals surface area contributed by atoms with Gasteiger partial charge in [-0.2, -0.15) is 0 Å². The van der Waals surface area contributed by atoms with Crippen LogP contribution in [0, 0.1) is 5.82 Å². The fourth-order valence-corrected chi connectivity index (χ4v) is 2.42. The Morgan fingerprint density at radius 3 is 1.78 bits per heavy atom. The van der Waals surface area contributed by atoms with Crippen molar-refractivity contribution in [2.45, 2.75) is 24.9 Å². The molecule has 2 heteroatoms. The molecule has 1 aliphatic carbocycles. The van der Waals surface area contributed by atoms with E-state index in [1.54, 1.807) is 12.1 Å². The van der Waals surface area contributed by atoms with Crippen molar-refractivity contribution in [2.75, 3.05) is 0 Å². The zero-order valence-electron chi connectivity index (χ0n) is 10.1. The monoisotopic (exact) mass is 242 g/mol. The average molecular weight is 242 g/mol. The third kappa shape index (κ3) is 1.93. The van der Waals surface area contributed by atoms with Crippen LogP contribution in [0.1, 0.15) is 24.8 Å². The van der Waals surface area contributed by atoms with Crippen LogP contribution in [-0.2, 0) is 5.60 Å². The first-order valence-electron chi connectivity index (χ1n) is 6.26. The van der Waals surface area contributed by atoms with E-state index in [4.69, 9.17) is 0 Å². The molecule has 0 aliphatic heterocycles. The lowest BCUT2D eigenvalue weighted by atomic mass is 9.75. The predicted molar refractivity (Wildman–Crippen MR) is 69.6 cm³/mol. The fourth-order valence-electron chi connectivity index (χ4n) is 2.42. The van der Waals surface area contributed by atoms with Gasteiger partial charge < -0.3 is 5.11 Å². The summed E-state index contributed by atoms with van der Waals surface area (Å²) in [5.74, 6) is -0.223. The van der Waals surface area contributed by atoms with Gasteiger partial charge in [0.15, 0.2) is 0 Å². The van der Waals surface area contributed by atoms with E-state index in [-0.39, 0.29) is 5.82 Å². The van der Waals surface area contributed by atoms with Crippen LogP contribution in [0.2, 0.25) is 0 Å². The van der Waals surface area contributed by atoms with Gasteiger partial charge >= 0.3 is 0 Å². The lowest BCUT2D eigenvalue weighted by Crippen LogP contribution is -2.33. The van der Waals surface area contributed by atoms with Crippen molar-refractivity contribution in [3.8, 4) is 11.1 Å². The smallest absolute Gasteiger partial charge is 0.123 e. The molecule has 1 nitrogen and oxygen atoms in total. The second-order valence-corrected chi connectivity index (χ2v) is 4.97. The molecule has 2 aromatic carbocycles. The van der Waals surface area contributed by atoms with Gasteiger partial charge in [0.05, 0.1) is 5.60 Å². The van der Waals surface area contributed by atoms with Gasteiger partial charge in [-0.3, -0.25) is 0 Å². The zero-order valence-corrected chi connectivity index (χ0v) is 10.1. The quantitative estimate of drug-likeness (QED) is 0.847. The molecule has 1 fully saturated rings. The molecule has 1 aliphatic rings. The zero-order chi connectivity index (χ0) is 12.6. The molecule has 0 bridgehead atoms. The first-order valence-corrected chi connectivity index (χ1v) is 6.26. The average Bonchev–Trinajstić information content (AvgIpc) is 2.37. The summed E-state index contributed by atoms with van der Waals surface area (Å²) in [5.41, 5.74) is 2.41. The lowest BCUT2D eigenvalue weighted by molar-refractivity contribution is -0.0387. The predicted octanol–water partition coefficient (Wildman–Crippen LogP) is 3.86. The van der Waals surface area contributed by atoms with Crippen LogP contribution in [0.4, 0.5) is 4.39 Å². The molecule has 0 heterocycles. The molecule has 1 saturated carbocycles. The van der Waals surface area contributed by atoms with Crippen molar-refractivity contribution in [1.29, 1.82) is 0 Å².